The van der Waals surface area contributed by atoms with E-state index in [-0.39, 0.29) is 22.8 Å². The second kappa shape index (κ2) is 8.41. The molecule has 0 bridgehead atoms. The Morgan fingerprint density at radius 2 is 1.93 bits per heavy atom. The fourth-order valence-electron chi connectivity index (χ4n) is 4.09. The van der Waals surface area contributed by atoms with Crippen LogP contribution >= 0.6 is 0 Å². The molecule has 4 rings (SSSR count). The van der Waals surface area contributed by atoms with Gasteiger partial charge in [0.2, 0.25) is 10.0 Å². The predicted molar refractivity (Wildman–Crippen MR) is 109 cm³/mol. The summed E-state index contributed by atoms with van der Waals surface area (Å²) in [4.78, 5) is 14.5. The van der Waals surface area contributed by atoms with E-state index >= 15 is 0 Å². The average Bonchev–Trinajstić information content (AvgIpc) is 3.30. The van der Waals surface area contributed by atoms with Crippen LogP contribution in [0, 0.1) is 5.41 Å². The molecule has 1 aromatic carbocycles. The number of furan rings is 1. The van der Waals surface area contributed by atoms with Gasteiger partial charge < -0.3 is 18.8 Å². The molecular weight excluding hydrogens is 408 g/mol. The number of hydrogen-bond acceptors (Lipinski definition) is 6. The molecule has 1 fully saturated rings. The van der Waals surface area contributed by atoms with Gasteiger partial charge in [-0.1, -0.05) is 12.1 Å². The van der Waals surface area contributed by atoms with Gasteiger partial charge in [0.25, 0.3) is 5.91 Å². The van der Waals surface area contributed by atoms with Crippen LogP contribution in [-0.2, 0) is 14.8 Å². The number of nitrogens with zero attached hydrogens (tertiary/aromatic N) is 2. The summed E-state index contributed by atoms with van der Waals surface area (Å²) >= 11 is 0. The molecule has 3 heterocycles. The van der Waals surface area contributed by atoms with E-state index < -0.39 is 10.0 Å². The Kier molecular flexibility index (Phi) is 5.86. The Morgan fingerprint density at radius 1 is 1.17 bits per heavy atom. The number of likely N-dealkylation sites (tertiary alicyclic amines) is 1. The summed E-state index contributed by atoms with van der Waals surface area (Å²) in [5, 5.41) is 0. The van der Waals surface area contributed by atoms with Crippen LogP contribution in [0.15, 0.2) is 52.0 Å². The van der Waals surface area contributed by atoms with Crippen LogP contribution in [0.4, 0.5) is 0 Å². The van der Waals surface area contributed by atoms with Crippen LogP contribution in [0.5, 0.6) is 5.75 Å². The topological polar surface area (TPSA) is 89.3 Å². The monoisotopic (exact) mass is 434 g/mol. The molecule has 30 heavy (non-hydrogen) atoms. The third-order valence-corrected chi connectivity index (χ3v) is 7.79. The van der Waals surface area contributed by atoms with Gasteiger partial charge in [0.05, 0.1) is 19.5 Å². The fraction of sp³-hybridized carbons (Fsp3) is 0.476. The van der Waals surface area contributed by atoms with Crippen molar-refractivity contribution in [2.75, 3.05) is 46.5 Å². The van der Waals surface area contributed by atoms with E-state index in [9.17, 15) is 13.2 Å². The first-order valence-corrected chi connectivity index (χ1v) is 11.4. The lowest BCUT2D eigenvalue weighted by atomic mass is 9.78. The van der Waals surface area contributed by atoms with Gasteiger partial charge in [-0.15, -0.1) is 0 Å². The number of para-hydroxylation sites is 1. The third-order valence-electron chi connectivity index (χ3n) is 5.90. The zero-order valence-electron chi connectivity index (χ0n) is 17.0. The molecule has 0 radical (unpaired) electrons. The minimum absolute atomic E-state index is 0.143. The summed E-state index contributed by atoms with van der Waals surface area (Å²) in [6.07, 6.45) is 2.76. The maximum atomic E-state index is 13.4. The second-order valence-electron chi connectivity index (χ2n) is 7.84. The Balaban J connectivity index is 1.58. The summed E-state index contributed by atoms with van der Waals surface area (Å²) in [6.45, 7) is 2.33. The standard InChI is InChI=1S/C21H26N2O6S/c1-27-14-12-23-15-21(16-29-17-5-2-3-7-19(17)30(23,25)26)8-10-22(11-9-21)20(24)18-6-4-13-28-18/h2-7,13H,8-12,14-16H2,1H3. The third kappa shape index (κ3) is 3.97. The number of hydrogen-bond donors (Lipinski definition) is 0. The van der Waals surface area contributed by atoms with Crippen LogP contribution in [-0.4, -0.2) is 70.0 Å². The number of carbonyl (C=O) groups excluding carboxylic acids is 1. The van der Waals surface area contributed by atoms with Crippen molar-refractivity contribution < 1.29 is 27.1 Å². The maximum Gasteiger partial charge on any atom is 0.289 e. The van der Waals surface area contributed by atoms with Crippen LogP contribution in [0.2, 0.25) is 0 Å². The van der Waals surface area contributed by atoms with E-state index in [4.69, 9.17) is 13.9 Å². The van der Waals surface area contributed by atoms with Gasteiger partial charge in [-0.05, 0) is 37.1 Å². The van der Waals surface area contributed by atoms with Crippen LogP contribution in [0.25, 0.3) is 0 Å². The number of amides is 1. The van der Waals surface area contributed by atoms with Crippen molar-refractivity contribution in [3.05, 3.63) is 48.4 Å². The molecule has 162 valence electrons. The minimum atomic E-state index is -3.72. The first-order valence-electron chi connectivity index (χ1n) is 9.99. The van der Waals surface area contributed by atoms with E-state index in [1.165, 1.54) is 10.6 Å². The number of carbonyl (C=O) groups is 1. The smallest absolute Gasteiger partial charge is 0.289 e. The average molecular weight is 435 g/mol. The first-order chi connectivity index (χ1) is 14.5. The Bertz CT molecular complexity index is 981. The number of piperidine rings is 1. The van der Waals surface area contributed by atoms with Crippen molar-refractivity contribution in [2.45, 2.75) is 17.7 Å². The highest BCUT2D eigenvalue weighted by Crippen LogP contribution is 2.39. The zero-order chi connectivity index (χ0) is 21.2. The molecule has 0 N–H and O–H groups in total. The van der Waals surface area contributed by atoms with Gasteiger partial charge in [-0.2, -0.15) is 4.31 Å². The van der Waals surface area contributed by atoms with E-state index in [1.807, 2.05) is 0 Å². The largest absolute Gasteiger partial charge is 0.492 e. The number of fused-ring (bicyclic) bond motifs is 1. The number of benzene rings is 1. The molecule has 0 aliphatic carbocycles. The van der Waals surface area contributed by atoms with Gasteiger partial charge in [-0.25, -0.2) is 8.42 Å². The van der Waals surface area contributed by atoms with Gasteiger partial charge in [0.15, 0.2) is 5.76 Å². The van der Waals surface area contributed by atoms with Crippen molar-refractivity contribution in [1.82, 2.24) is 9.21 Å². The van der Waals surface area contributed by atoms with Crippen molar-refractivity contribution >= 4 is 15.9 Å². The molecule has 0 saturated carbocycles. The van der Waals surface area contributed by atoms with Crippen molar-refractivity contribution in [3.8, 4) is 5.75 Å². The highest BCUT2D eigenvalue weighted by molar-refractivity contribution is 7.89. The lowest BCUT2D eigenvalue weighted by Crippen LogP contribution is -2.52. The molecule has 9 heteroatoms. The van der Waals surface area contributed by atoms with Gasteiger partial charge in [-0.3, -0.25) is 4.79 Å². The molecule has 1 aromatic heterocycles. The second-order valence-corrected chi connectivity index (χ2v) is 9.74. The summed E-state index contributed by atoms with van der Waals surface area (Å²) in [5.74, 6) is 0.544. The SMILES string of the molecule is COCCN1CC2(CCN(C(=O)c3ccco3)CC2)COc2ccccc2S1(=O)=O. The van der Waals surface area contributed by atoms with Crippen LogP contribution in [0.3, 0.4) is 0 Å². The molecule has 2 aromatic rings. The Hall–Kier alpha value is -2.36. The first kappa shape index (κ1) is 20.9. The predicted octanol–water partition coefficient (Wildman–Crippen LogP) is 2.23. The van der Waals surface area contributed by atoms with Gasteiger partial charge >= 0.3 is 0 Å². The molecule has 0 unspecified atom stereocenters. The highest BCUT2D eigenvalue weighted by Gasteiger charge is 2.43. The highest BCUT2D eigenvalue weighted by atomic mass is 32.2. The lowest BCUT2D eigenvalue weighted by molar-refractivity contribution is 0.0261. The number of ether oxygens (including phenoxy) is 2. The maximum absolute atomic E-state index is 13.4. The van der Waals surface area contributed by atoms with E-state index in [0.717, 1.165) is 0 Å². The summed E-state index contributed by atoms with van der Waals surface area (Å²) in [6, 6.07) is 10.1. The van der Waals surface area contributed by atoms with Crippen LogP contribution in [0.1, 0.15) is 23.4 Å². The molecule has 0 atom stereocenters. The summed E-state index contributed by atoms with van der Waals surface area (Å²) in [5.41, 5.74) is -0.381. The van der Waals surface area contributed by atoms with E-state index in [2.05, 4.69) is 0 Å². The number of rotatable bonds is 4. The number of methoxy groups -OCH3 is 1. The fourth-order valence-corrected chi connectivity index (χ4v) is 5.76. The van der Waals surface area contributed by atoms with E-state index in [0.29, 0.717) is 57.2 Å². The van der Waals surface area contributed by atoms with Crippen LogP contribution < -0.4 is 4.74 Å². The van der Waals surface area contributed by atoms with Gasteiger partial charge in [0.1, 0.15) is 10.6 Å². The zero-order valence-corrected chi connectivity index (χ0v) is 17.8. The molecule has 8 nitrogen and oxygen atoms in total. The Morgan fingerprint density at radius 3 is 2.63 bits per heavy atom. The number of sulfonamides is 1. The molecule has 2 aliphatic heterocycles. The van der Waals surface area contributed by atoms with E-state index in [1.54, 1.807) is 48.4 Å². The lowest BCUT2D eigenvalue weighted by Gasteiger charge is -2.44. The minimum Gasteiger partial charge on any atom is -0.492 e. The normalized spacial score (nSPS) is 20.8. The molecule has 2 aliphatic rings. The summed E-state index contributed by atoms with van der Waals surface area (Å²) in [7, 11) is -2.17. The van der Waals surface area contributed by atoms with Crippen molar-refractivity contribution in [2.24, 2.45) is 5.41 Å². The van der Waals surface area contributed by atoms with Crippen molar-refractivity contribution in [3.63, 3.8) is 0 Å². The van der Waals surface area contributed by atoms with Gasteiger partial charge in [0, 0.05) is 38.7 Å². The molecule has 1 spiro atoms. The molecule has 1 saturated heterocycles. The quantitative estimate of drug-likeness (QED) is 0.733. The van der Waals surface area contributed by atoms with Crippen molar-refractivity contribution in [1.29, 1.82) is 0 Å². The molecule has 1 amide bonds. The Labute approximate surface area is 176 Å². The summed E-state index contributed by atoms with van der Waals surface area (Å²) < 4.78 is 44.6. The molecular formula is C21H26N2O6S.